The first-order chi connectivity index (χ1) is 15.1. The lowest BCUT2D eigenvalue weighted by molar-refractivity contribution is -0.138. The summed E-state index contributed by atoms with van der Waals surface area (Å²) in [5, 5.41) is 6.82. The second-order valence-corrected chi connectivity index (χ2v) is 8.48. The molecule has 2 atom stereocenters. The first-order valence-corrected chi connectivity index (χ1v) is 11.4. The normalized spacial score (nSPS) is 17.7. The van der Waals surface area contributed by atoms with Gasteiger partial charge in [0.2, 0.25) is 5.91 Å². The molecule has 5 nitrogen and oxygen atoms in total. The number of carbonyl (C=O) groups excluding carboxylic acids is 1. The van der Waals surface area contributed by atoms with Gasteiger partial charge in [-0.05, 0) is 62.5 Å². The Bertz CT molecular complexity index is 814. The molecule has 0 aromatic heterocycles. The third-order valence-corrected chi connectivity index (χ3v) is 6.94. The Morgan fingerprint density at radius 2 is 1.71 bits per heavy atom. The molecule has 1 saturated heterocycles. The van der Waals surface area contributed by atoms with E-state index in [0.717, 1.165) is 38.1 Å². The van der Waals surface area contributed by atoms with Crippen LogP contribution >= 0.6 is 0 Å². The molecule has 2 aromatic rings. The third kappa shape index (κ3) is 5.10. The number of hydrogen-bond acceptors (Lipinski definition) is 4. The molecule has 31 heavy (non-hydrogen) atoms. The maximum Gasteiger partial charge on any atom is 0.227 e. The number of methoxy groups -OCH3 is 1. The summed E-state index contributed by atoms with van der Waals surface area (Å²) in [6, 6.07) is 18.8. The van der Waals surface area contributed by atoms with Crippen molar-refractivity contribution in [2.24, 2.45) is 5.92 Å². The molecule has 1 fully saturated rings. The van der Waals surface area contributed by atoms with Gasteiger partial charge >= 0.3 is 0 Å². The number of amides is 1. The molecule has 0 spiro atoms. The number of nitrogens with zero attached hydrogens (tertiary/aromatic N) is 1. The molecule has 2 aromatic carbocycles. The number of likely N-dealkylation sites (tertiary alicyclic amines) is 1. The zero-order chi connectivity index (χ0) is 22.3. The van der Waals surface area contributed by atoms with Crippen molar-refractivity contribution in [3.05, 3.63) is 65.7 Å². The largest absolute Gasteiger partial charge is 0.497 e. The predicted molar refractivity (Wildman–Crippen MR) is 126 cm³/mol. The minimum atomic E-state index is -0.106. The summed E-state index contributed by atoms with van der Waals surface area (Å²) in [6.07, 6.45) is 2.74. The van der Waals surface area contributed by atoms with E-state index in [1.807, 2.05) is 32.3 Å². The van der Waals surface area contributed by atoms with E-state index in [0.29, 0.717) is 6.54 Å². The minimum absolute atomic E-state index is 0.0551. The first-order valence-electron chi connectivity index (χ1n) is 11.4. The molecule has 168 valence electrons. The van der Waals surface area contributed by atoms with Gasteiger partial charge in [0, 0.05) is 25.2 Å². The van der Waals surface area contributed by atoms with Crippen molar-refractivity contribution in [3.63, 3.8) is 0 Å². The fourth-order valence-corrected chi connectivity index (χ4v) is 5.01. The minimum Gasteiger partial charge on any atom is -0.497 e. The first kappa shape index (κ1) is 23.3. The lowest BCUT2D eigenvalue weighted by Gasteiger charge is -2.43. The lowest BCUT2D eigenvalue weighted by Crippen LogP contribution is -2.53. The van der Waals surface area contributed by atoms with E-state index < -0.39 is 0 Å². The van der Waals surface area contributed by atoms with E-state index in [4.69, 9.17) is 4.74 Å². The van der Waals surface area contributed by atoms with Crippen LogP contribution in [0.25, 0.3) is 0 Å². The SMILES string of the molecule is CC[C@@H](c1ccccc1)[C@@H](CNC)C(=O)N1CCC(NC)(c2ccc(OC)cc2)CC1. The summed E-state index contributed by atoms with van der Waals surface area (Å²) >= 11 is 0. The average Bonchev–Trinajstić information content (AvgIpc) is 2.84. The van der Waals surface area contributed by atoms with Crippen LogP contribution in [0.3, 0.4) is 0 Å². The van der Waals surface area contributed by atoms with Crippen LogP contribution in [0.5, 0.6) is 5.75 Å². The Labute approximate surface area is 187 Å². The molecule has 1 heterocycles. The number of nitrogens with one attached hydrogen (secondary N) is 2. The maximum atomic E-state index is 13.6. The highest BCUT2D eigenvalue weighted by molar-refractivity contribution is 5.80. The molecule has 2 N–H and O–H groups in total. The summed E-state index contributed by atoms with van der Waals surface area (Å²) < 4.78 is 5.31. The van der Waals surface area contributed by atoms with Gasteiger partial charge in [-0.15, -0.1) is 0 Å². The summed E-state index contributed by atoms with van der Waals surface area (Å²) in [7, 11) is 5.64. The lowest BCUT2D eigenvalue weighted by atomic mass is 9.79. The van der Waals surface area contributed by atoms with Gasteiger partial charge in [0.05, 0.1) is 13.0 Å². The van der Waals surface area contributed by atoms with E-state index >= 15 is 0 Å². The highest BCUT2D eigenvalue weighted by atomic mass is 16.5. The van der Waals surface area contributed by atoms with Gasteiger partial charge in [0.15, 0.2) is 0 Å². The van der Waals surface area contributed by atoms with E-state index in [-0.39, 0.29) is 23.3 Å². The Hall–Kier alpha value is -2.37. The van der Waals surface area contributed by atoms with Crippen molar-refractivity contribution in [2.45, 2.75) is 37.6 Å². The molecule has 0 bridgehead atoms. The van der Waals surface area contributed by atoms with E-state index in [9.17, 15) is 4.79 Å². The summed E-state index contributed by atoms with van der Waals surface area (Å²) in [4.78, 5) is 15.7. The van der Waals surface area contributed by atoms with Gasteiger partial charge in [-0.1, -0.05) is 49.4 Å². The molecule has 1 aliphatic heterocycles. The van der Waals surface area contributed by atoms with E-state index in [1.54, 1.807) is 7.11 Å². The third-order valence-electron chi connectivity index (χ3n) is 6.94. The highest BCUT2D eigenvalue weighted by Crippen LogP contribution is 2.36. The second-order valence-electron chi connectivity index (χ2n) is 8.48. The monoisotopic (exact) mass is 423 g/mol. The number of rotatable bonds is 9. The number of hydrogen-bond donors (Lipinski definition) is 2. The topological polar surface area (TPSA) is 53.6 Å². The van der Waals surface area contributed by atoms with Crippen LogP contribution in [0.15, 0.2) is 54.6 Å². The quantitative estimate of drug-likeness (QED) is 0.645. The van der Waals surface area contributed by atoms with Gasteiger partial charge in [-0.3, -0.25) is 4.79 Å². The van der Waals surface area contributed by atoms with E-state index in [1.165, 1.54) is 11.1 Å². The molecule has 0 unspecified atom stereocenters. The van der Waals surface area contributed by atoms with Crippen LogP contribution in [0.1, 0.15) is 43.2 Å². The van der Waals surface area contributed by atoms with Gasteiger partial charge < -0.3 is 20.3 Å². The number of carbonyl (C=O) groups is 1. The fraction of sp³-hybridized carbons (Fsp3) is 0.500. The summed E-state index contributed by atoms with van der Waals surface area (Å²) in [5.41, 5.74) is 2.40. The second kappa shape index (κ2) is 10.8. The van der Waals surface area contributed by atoms with Crippen LogP contribution in [0.2, 0.25) is 0 Å². The Kier molecular flexibility index (Phi) is 8.10. The van der Waals surface area contributed by atoms with Crippen molar-refractivity contribution < 1.29 is 9.53 Å². The Morgan fingerprint density at radius 3 is 2.23 bits per heavy atom. The maximum absolute atomic E-state index is 13.6. The molecule has 5 heteroatoms. The summed E-state index contributed by atoms with van der Waals surface area (Å²) in [6.45, 7) is 4.40. The predicted octanol–water partition coefficient (Wildman–Crippen LogP) is 3.76. The van der Waals surface area contributed by atoms with Gasteiger partial charge in [-0.2, -0.15) is 0 Å². The number of piperidine rings is 1. The molecule has 1 aliphatic rings. The molecule has 0 saturated carbocycles. The van der Waals surface area contributed by atoms with Crippen molar-refractivity contribution in [2.75, 3.05) is 40.8 Å². The van der Waals surface area contributed by atoms with Gasteiger partial charge in [0.1, 0.15) is 5.75 Å². The molecule has 0 radical (unpaired) electrons. The van der Waals surface area contributed by atoms with E-state index in [2.05, 4.69) is 58.9 Å². The standard InChI is InChI=1S/C26H37N3O2/c1-5-23(20-9-7-6-8-10-20)24(19-27-2)25(30)29-17-15-26(28-3,16-18-29)21-11-13-22(31-4)14-12-21/h6-14,23-24,27-28H,5,15-19H2,1-4H3/t23-,24+/m0/s1. The average molecular weight is 424 g/mol. The van der Waals surface area contributed by atoms with Crippen molar-refractivity contribution in [1.82, 2.24) is 15.5 Å². The van der Waals surface area contributed by atoms with Crippen molar-refractivity contribution in [1.29, 1.82) is 0 Å². The van der Waals surface area contributed by atoms with Crippen LogP contribution in [0.4, 0.5) is 0 Å². The van der Waals surface area contributed by atoms with Crippen LogP contribution < -0.4 is 15.4 Å². The number of benzene rings is 2. The molecule has 1 amide bonds. The van der Waals surface area contributed by atoms with Crippen molar-refractivity contribution in [3.8, 4) is 5.75 Å². The highest BCUT2D eigenvalue weighted by Gasteiger charge is 2.39. The summed E-state index contributed by atoms with van der Waals surface area (Å²) in [5.74, 6) is 1.30. The fourth-order valence-electron chi connectivity index (χ4n) is 5.01. The zero-order valence-electron chi connectivity index (χ0n) is 19.4. The Morgan fingerprint density at radius 1 is 1.06 bits per heavy atom. The molecular formula is C26H37N3O2. The number of ether oxygens (including phenoxy) is 1. The smallest absolute Gasteiger partial charge is 0.227 e. The van der Waals surface area contributed by atoms with Crippen molar-refractivity contribution >= 4 is 5.91 Å². The Balaban J connectivity index is 1.74. The van der Waals surface area contributed by atoms with Crippen LogP contribution in [0, 0.1) is 5.92 Å². The molecular weight excluding hydrogens is 386 g/mol. The zero-order valence-corrected chi connectivity index (χ0v) is 19.4. The van der Waals surface area contributed by atoms with Gasteiger partial charge in [0.25, 0.3) is 0 Å². The van der Waals surface area contributed by atoms with Crippen LogP contribution in [-0.4, -0.2) is 51.6 Å². The van der Waals surface area contributed by atoms with Gasteiger partial charge in [-0.25, -0.2) is 0 Å². The molecule has 3 rings (SSSR count). The van der Waals surface area contributed by atoms with Crippen LogP contribution in [-0.2, 0) is 10.3 Å². The molecule has 0 aliphatic carbocycles.